The summed E-state index contributed by atoms with van der Waals surface area (Å²) in [7, 11) is 0. The Hall–Kier alpha value is -0.810. The van der Waals surface area contributed by atoms with Gasteiger partial charge in [0.15, 0.2) is 0 Å². The van der Waals surface area contributed by atoms with Crippen molar-refractivity contribution in [1.82, 2.24) is 15.1 Å². The third kappa shape index (κ3) is 3.20. The molecule has 0 aromatic rings. The quantitative estimate of drug-likeness (QED) is 0.770. The maximum Gasteiger partial charge on any atom is 0.245 e. The molecule has 5 nitrogen and oxygen atoms in total. The molecule has 0 aromatic heterocycles. The first-order valence-corrected chi connectivity index (χ1v) is 6.83. The Morgan fingerprint density at radius 2 is 1.84 bits per heavy atom. The molecule has 2 amide bonds. The summed E-state index contributed by atoms with van der Waals surface area (Å²) < 4.78 is 0. The second-order valence-corrected chi connectivity index (χ2v) is 5.39. The van der Waals surface area contributed by atoms with Gasteiger partial charge in [-0.1, -0.05) is 0 Å². The molecule has 19 heavy (non-hydrogen) atoms. The molecule has 0 aromatic carbocycles. The van der Waals surface area contributed by atoms with Crippen LogP contribution in [0.4, 0.5) is 0 Å². The highest BCUT2D eigenvalue weighted by atomic mass is 35.5. The Balaban J connectivity index is 0.00000180. The standard InChI is InChI=1S/C13H23N3O2.ClH/c1-9-10(2)15(8-6-14-9)13(18)12-5-4-7-16(12)11(3)17;/h9-10,12,14H,4-8H2,1-3H3;1H. The van der Waals surface area contributed by atoms with Gasteiger partial charge in [0, 0.05) is 38.6 Å². The van der Waals surface area contributed by atoms with Gasteiger partial charge in [0.1, 0.15) is 6.04 Å². The summed E-state index contributed by atoms with van der Waals surface area (Å²) in [5, 5.41) is 3.37. The van der Waals surface area contributed by atoms with E-state index in [0.29, 0.717) is 6.04 Å². The number of nitrogens with zero attached hydrogens (tertiary/aromatic N) is 2. The molecule has 110 valence electrons. The summed E-state index contributed by atoms with van der Waals surface area (Å²) in [5.41, 5.74) is 0. The summed E-state index contributed by atoms with van der Waals surface area (Å²) >= 11 is 0. The molecule has 2 aliphatic rings. The fraction of sp³-hybridized carbons (Fsp3) is 0.846. The molecule has 2 fully saturated rings. The van der Waals surface area contributed by atoms with Gasteiger partial charge in [0.05, 0.1) is 0 Å². The van der Waals surface area contributed by atoms with Crippen molar-refractivity contribution in [2.75, 3.05) is 19.6 Å². The maximum atomic E-state index is 12.6. The number of nitrogens with one attached hydrogen (secondary N) is 1. The smallest absolute Gasteiger partial charge is 0.245 e. The van der Waals surface area contributed by atoms with E-state index in [9.17, 15) is 9.59 Å². The first kappa shape index (κ1) is 16.2. The monoisotopic (exact) mass is 289 g/mol. The molecular weight excluding hydrogens is 266 g/mol. The predicted octanol–water partition coefficient (Wildman–Crippen LogP) is 0.628. The van der Waals surface area contributed by atoms with Crippen molar-refractivity contribution in [2.24, 2.45) is 0 Å². The summed E-state index contributed by atoms with van der Waals surface area (Å²) in [6.45, 7) is 8.02. The van der Waals surface area contributed by atoms with E-state index in [1.807, 2.05) is 4.90 Å². The highest BCUT2D eigenvalue weighted by Crippen LogP contribution is 2.21. The maximum absolute atomic E-state index is 12.6. The van der Waals surface area contributed by atoms with Gasteiger partial charge in [-0.3, -0.25) is 9.59 Å². The van der Waals surface area contributed by atoms with Gasteiger partial charge < -0.3 is 15.1 Å². The van der Waals surface area contributed by atoms with Crippen molar-refractivity contribution in [3.63, 3.8) is 0 Å². The molecule has 2 heterocycles. The fourth-order valence-electron chi connectivity index (χ4n) is 2.96. The number of hydrogen-bond donors (Lipinski definition) is 1. The predicted molar refractivity (Wildman–Crippen MR) is 76.3 cm³/mol. The van der Waals surface area contributed by atoms with Gasteiger partial charge in [-0.25, -0.2) is 0 Å². The lowest BCUT2D eigenvalue weighted by Crippen LogP contribution is -2.60. The van der Waals surface area contributed by atoms with E-state index >= 15 is 0 Å². The molecule has 1 N–H and O–H groups in total. The molecule has 6 heteroatoms. The first-order valence-electron chi connectivity index (χ1n) is 6.83. The zero-order valence-corrected chi connectivity index (χ0v) is 12.7. The number of likely N-dealkylation sites (tertiary alicyclic amines) is 1. The third-order valence-corrected chi connectivity index (χ3v) is 4.26. The summed E-state index contributed by atoms with van der Waals surface area (Å²) in [4.78, 5) is 27.8. The van der Waals surface area contributed by atoms with Gasteiger partial charge in [-0.15, -0.1) is 12.4 Å². The average Bonchev–Trinajstić information content (AvgIpc) is 2.81. The Morgan fingerprint density at radius 3 is 2.47 bits per heavy atom. The van der Waals surface area contributed by atoms with Crippen molar-refractivity contribution in [3.05, 3.63) is 0 Å². The SMILES string of the molecule is CC(=O)N1CCCC1C(=O)N1CCNC(C)C1C.Cl. The van der Waals surface area contributed by atoms with Crippen LogP contribution >= 0.6 is 12.4 Å². The molecule has 2 rings (SSSR count). The van der Waals surface area contributed by atoms with Crippen LogP contribution in [0.3, 0.4) is 0 Å². The summed E-state index contributed by atoms with van der Waals surface area (Å²) in [6, 6.07) is 0.283. The molecule has 3 atom stereocenters. The van der Waals surface area contributed by atoms with Gasteiger partial charge >= 0.3 is 0 Å². The highest BCUT2D eigenvalue weighted by Gasteiger charge is 2.38. The largest absolute Gasteiger partial charge is 0.335 e. The van der Waals surface area contributed by atoms with Crippen LogP contribution in [0, 0.1) is 0 Å². The molecule has 2 aliphatic heterocycles. The van der Waals surface area contributed by atoms with Gasteiger partial charge in [-0.2, -0.15) is 0 Å². The number of piperazine rings is 1. The lowest BCUT2D eigenvalue weighted by molar-refractivity contribution is -0.145. The number of rotatable bonds is 1. The minimum Gasteiger partial charge on any atom is -0.335 e. The topological polar surface area (TPSA) is 52.7 Å². The minimum absolute atomic E-state index is 0. The van der Waals surface area contributed by atoms with Crippen molar-refractivity contribution < 1.29 is 9.59 Å². The normalized spacial score (nSPS) is 31.0. The van der Waals surface area contributed by atoms with Crippen molar-refractivity contribution >= 4 is 24.2 Å². The van der Waals surface area contributed by atoms with Gasteiger partial charge in [0.2, 0.25) is 11.8 Å². The average molecular weight is 290 g/mol. The van der Waals surface area contributed by atoms with E-state index in [2.05, 4.69) is 19.2 Å². The number of carbonyl (C=O) groups excluding carboxylic acids is 2. The van der Waals surface area contributed by atoms with E-state index in [-0.39, 0.29) is 36.3 Å². The van der Waals surface area contributed by atoms with E-state index in [4.69, 9.17) is 0 Å². The summed E-state index contributed by atoms with van der Waals surface area (Å²) in [6.07, 6.45) is 1.75. The van der Waals surface area contributed by atoms with Crippen LogP contribution in [0.1, 0.15) is 33.6 Å². The molecule has 3 unspecified atom stereocenters. The van der Waals surface area contributed by atoms with Crippen LogP contribution in [0.5, 0.6) is 0 Å². The van der Waals surface area contributed by atoms with E-state index in [0.717, 1.165) is 32.5 Å². The van der Waals surface area contributed by atoms with Crippen molar-refractivity contribution in [1.29, 1.82) is 0 Å². The zero-order valence-electron chi connectivity index (χ0n) is 11.9. The Morgan fingerprint density at radius 1 is 1.16 bits per heavy atom. The lowest BCUT2D eigenvalue weighted by Gasteiger charge is -2.40. The Bertz CT molecular complexity index is 351. The molecule has 2 saturated heterocycles. The van der Waals surface area contributed by atoms with E-state index in [1.54, 1.807) is 11.8 Å². The Kier molecular flexibility index (Phi) is 5.62. The highest BCUT2D eigenvalue weighted by molar-refractivity contribution is 5.87. The zero-order chi connectivity index (χ0) is 13.3. The van der Waals surface area contributed by atoms with Crippen molar-refractivity contribution in [2.45, 2.75) is 51.7 Å². The summed E-state index contributed by atoms with van der Waals surface area (Å²) in [5.74, 6) is 0.144. The molecule has 0 spiro atoms. The number of carbonyl (C=O) groups is 2. The second-order valence-electron chi connectivity index (χ2n) is 5.39. The van der Waals surface area contributed by atoms with Crippen molar-refractivity contribution in [3.8, 4) is 0 Å². The van der Waals surface area contributed by atoms with Gasteiger partial charge in [0.25, 0.3) is 0 Å². The molecule has 0 radical (unpaired) electrons. The van der Waals surface area contributed by atoms with Crippen LogP contribution < -0.4 is 5.32 Å². The van der Waals surface area contributed by atoms with E-state index in [1.165, 1.54) is 0 Å². The van der Waals surface area contributed by atoms with E-state index < -0.39 is 0 Å². The fourth-order valence-corrected chi connectivity index (χ4v) is 2.96. The Labute approximate surface area is 121 Å². The minimum atomic E-state index is -0.227. The molecule has 0 saturated carbocycles. The molecule has 0 aliphatic carbocycles. The number of amides is 2. The number of hydrogen-bond acceptors (Lipinski definition) is 3. The molecular formula is C13H24ClN3O2. The first-order chi connectivity index (χ1) is 8.52. The molecule has 0 bridgehead atoms. The number of halogens is 1. The van der Waals surface area contributed by atoms with Crippen LogP contribution in [0.2, 0.25) is 0 Å². The third-order valence-electron chi connectivity index (χ3n) is 4.26. The van der Waals surface area contributed by atoms with Gasteiger partial charge in [-0.05, 0) is 26.7 Å². The lowest BCUT2D eigenvalue weighted by atomic mass is 10.0. The second kappa shape index (κ2) is 6.57. The van der Waals surface area contributed by atoms with Crippen LogP contribution in [-0.2, 0) is 9.59 Å². The van der Waals surface area contributed by atoms with Crippen LogP contribution in [-0.4, -0.2) is 59.4 Å². The van der Waals surface area contributed by atoms with Crippen LogP contribution in [0.15, 0.2) is 0 Å². The van der Waals surface area contributed by atoms with Crippen LogP contribution in [0.25, 0.3) is 0 Å².